The summed E-state index contributed by atoms with van der Waals surface area (Å²) in [4.78, 5) is 0. The predicted molar refractivity (Wildman–Crippen MR) is 53.2 cm³/mol. The van der Waals surface area contributed by atoms with Crippen molar-refractivity contribution in [1.29, 1.82) is 0 Å². The smallest absolute Gasteiger partial charge is 0.272 e. The van der Waals surface area contributed by atoms with Gasteiger partial charge < -0.3 is 9.84 Å². The van der Waals surface area contributed by atoms with E-state index in [1.807, 2.05) is 0 Å². The number of hydrogen-bond acceptors (Lipinski definition) is 2. The van der Waals surface area contributed by atoms with E-state index < -0.39 is 18.6 Å². The summed E-state index contributed by atoms with van der Waals surface area (Å²) in [6, 6.07) is 6.44. The van der Waals surface area contributed by atoms with Crippen LogP contribution in [0.15, 0.2) is 24.3 Å². The van der Waals surface area contributed by atoms with Gasteiger partial charge in [-0.05, 0) is 31.5 Å². The van der Waals surface area contributed by atoms with E-state index >= 15 is 0 Å². The van der Waals surface area contributed by atoms with Gasteiger partial charge in [-0.25, -0.2) is 8.78 Å². The lowest BCUT2D eigenvalue weighted by molar-refractivity contribution is 0.0769. The molecule has 0 aliphatic heterocycles. The first-order valence-corrected chi connectivity index (χ1v) is 4.63. The SMILES string of the molecule is CC(C)(O)c1ccc(OCC(F)F)cc1. The van der Waals surface area contributed by atoms with Gasteiger partial charge in [0.05, 0.1) is 5.60 Å². The van der Waals surface area contributed by atoms with Gasteiger partial charge in [-0.15, -0.1) is 0 Å². The molecule has 0 bridgehead atoms. The van der Waals surface area contributed by atoms with Crippen molar-refractivity contribution in [3.63, 3.8) is 0 Å². The van der Waals surface area contributed by atoms with E-state index in [0.717, 1.165) is 0 Å². The molecule has 15 heavy (non-hydrogen) atoms. The van der Waals surface area contributed by atoms with Gasteiger partial charge in [0, 0.05) is 0 Å². The fourth-order valence-corrected chi connectivity index (χ4v) is 1.12. The van der Waals surface area contributed by atoms with Crippen molar-refractivity contribution in [2.24, 2.45) is 0 Å². The van der Waals surface area contributed by atoms with Gasteiger partial charge in [-0.1, -0.05) is 12.1 Å². The lowest BCUT2D eigenvalue weighted by Crippen LogP contribution is -2.15. The summed E-state index contributed by atoms with van der Waals surface area (Å²) in [6.45, 7) is 2.70. The van der Waals surface area contributed by atoms with Crippen molar-refractivity contribution in [2.45, 2.75) is 25.9 Å². The van der Waals surface area contributed by atoms with Crippen LogP contribution in [0.5, 0.6) is 5.75 Å². The molecule has 0 spiro atoms. The number of ether oxygens (including phenoxy) is 1. The zero-order valence-electron chi connectivity index (χ0n) is 8.71. The first-order chi connectivity index (χ1) is 6.89. The van der Waals surface area contributed by atoms with Crippen LogP contribution in [0.2, 0.25) is 0 Å². The van der Waals surface area contributed by atoms with Crippen molar-refractivity contribution in [2.75, 3.05) is 6.61 Å². The van der Waals surface area contributed by atoms with Crippen LogP contribution in [-0.2, 0) is 5.60 Å². The van der Waals surface area contributed by atoms with Crippen molar-refractivity contribution in [1.82, 2.24) is 0 Å². The van der Waals surface area contributed by atoms with Gasteiger partial charge in [0.1, 0.15) is 12.4 Å². The Morgan fingerprint density at radius 2 is 1.80 bits per heavy atom. The number of aliphatic hydroxyl groups is 1. The average Bonchev–Trinajstić information content (AvgIpc) is 2.14. The molecule has 0 unspecified atom stereocenters. The third kappa shape index (κ3) is 3.83. The lowest BCUT2D eigenvalue weighted by Gasteiger charge is -2.17. The Morgan fingerprint density at radius 3 is 2.20 bits per heavy atom. The van der Waals surface area contributed by atoms with Gasteiger partial charge in [-0.3, -0.25) is 0 Å². The normalized spacial score (nSPS) is 11.9. The fraction of sp³-hybridized carbons (Fsp3) is 0.455. The van der Waals surface area contributed by atoms with Crippen LogP contribution in [0.4, 0.5) is 8.78 Å². The minimum absolute atomic E-state index is 0.378. The standard InChI is InChI=1S/C11H14F2O2/c1-11(2,14)8-3-5-9(6-4-8)15-7-10(12)13/h3-6,10,14H,7H2,1-2H3. The quantitative estimate of drug-likeness (QED) is 0.838. The largest absolute Gasteiger partial charge is 0.488 e. The third-order valence-corrected chi connectivity index (χ3v) is 1.94. The molecular weight excluding hydrogens is 202 g/mol. The van der Waals surface area contributed by atoms with Crippen LogP contribution in [0.1, 0.15) is 19.4 Å². The van der Waals surface area contributed by atoms with E-state index in [2.05, 4.69) is 0 Å². The highest BCUT2D eigenvalue weighted by Crippen LogP contribution is 2.22. The Hall–Kier alpha value is -1.16. The molecule has 2 nitrogen and oxygen atoms in total. The highest BCUT2D eigenvalue weighted by Gasteiger charge is 2.15. The molecule has 0 atom stereocenters. The highest BCUT2D eigenvalue weighted by atomic mass is 19.3. The number of hydrogen-bond donors (Lipinski definition) is 1. The molecule has 0 saturated heterocycles. The Balaban J connectivity index is 2.65. The second-order valence-electron chi connectivity index (χ2n) is 3.79. The van der Waals surface area contributed by atoms with Gasteiger partial charge in [0.25, 0.3) is 6.43 Å². The molecule has 0 fully saturated rings. The molecule has 0 heterocycles. The van der Waals surface area contributed by atoms with Crippen LogP contribution >= 0.6 is 0 Å². The molecule has 0 amide bonds. The Morgan fingerprint density at radius 1 is 1.27 bits per heavy atom. The van der Waals surface area contributed by atoms with E-state index in [1.165, 1.54) is 0 Å². The maximum absolute atomic E-state index is 11.8. The summed E-state index contributed by atoms with van der Waals surface area (Å²) in [5.74, 6) is 0.378. The number of benzene rings is 1. The van der Waals surface area contributed by atoms with Gasteiger partial charge in [0.2, 0.25) is 0 Å². The molecule has 84 valence electrons. The van der Waals surface area contributed by atoms with Crippen molar-refractivity contribution < 1.29 is 18.6 Å². The van der Waals surface area contributed by atoms with Gasteiger partial charge >= 0.3 is 0 Å². The molecule has 1 aromatic carbocycles. The van der Waals surface area contributed by atoms with E-state index in [-0.39, 0.29) is 0 Å². The summed E-state index contributed by atoms with van der Waals surface area (Å²) in [6.07, 6.45) is -2.47. The number of halogens is 2. The van der Waals surface area contributed by atoms with Crippen LogP contribution in [-0.4, -0.2) is 18.1 Å². The summed E-state index contributed by atoms with van der Waals surface area (Å²) in [7, 11) is 0. The minimum Gasteiger partial charge on any atom is -0.488 e. The minimum atomic E-state index is -2.47. The monoisotopic (exact) mass is 216 g/mol. The topological polar surface area (TPSA) is 29.5 Å². The van der Waals surface area contributed by atoms with Crippen LogP contribution < -0.4 is 4.74 Å². The molecule has 1 N–H and O–H groups in total. The van der Waals surface area contributed by atoms with Crippen molar-refractivity contribution in [3.8, 4) is 5.75 Å². The molecule has 0 aliphatic carbocycles. The van der Waals surface area contributed by atoms with E-state index in [1.54, 1.807) is 38.1 Å². The van der Waals surface area contributed by atoms with Crippen molar-refractivity contribution in [3.05, 3.63) is 29.8 Å². The van der Waals surface area contributed by atoms with Crippen LogP contribution in [0, 0.1) is 0 Å². The number of rotatable bonds is 4. The second kappa shape index (κ2) is 4.57. The lowest BCUT2D eigenvalue weighted by atomic mass is 9.99. The predicted octanol–water partition coefficient (Wildman–Crippen LogP) is 2.56. The Labute approximate surface area is 87.5 Å². The molecule has 0 radical (unpaired) electrons. The molecule has 0 aromatic heterocycles. The highest BCUT2D eigenvalue weighted by molar-refractivity contribution is 5.30. The summed E-state index contributed by atoms with van der Waals surface area (Å²) in [5, 5.41) is 9.64. The Kier molecular flexibility index (Phi) is 3.63. The van der Waals surface area contributed by atoms with Crippen molar-refractivity contribution >= 4 is 0 Å². The van der Waals surface area contributed by atoms with Gasteiger partial charge in [0.15, 0.2) is 0 Å². The second-order valence-corrected chi connectivity index (χ2v) is 3.79. The maximum atomic E-state index is 11.8. The Bertz CT molecular complexity index is 301. The molecule has 0 saturated carbocycles. The van der Waals surface area contributed by atoms with Crippen LogP contribution in [0.3, 0.4) is 0 Å². The molecule has 1 rings (SSSR count). The molecular formula is C11H14F2O2. The van der Waals surface area contributed by atoms with E-state index in [4.69, 9.17) is 4.74 Å². The van der Waals surface area contributed by atoms with Crippen LogP contribution in [0.25, 0.3) is 0 Å². The summed E-state index contributed by atoms with van der Waals surface area (Å²) in [5.41, 5.74) is -0.215. The number of alkyl halides is 2. The molecule has 4 heteroatoms. The van der Waals surface area contributed by atoms with Gasteiger partial charge in [-0.2, -0.15) is 0 Å². The zero-order chi connectivity index (χ0) is 11.5. The van der Waals surface area contributed by atoms with E-state index in [0.29, 0.717) is 11.3 Å². The first kappa shape index (κ1) is 11.9. The molecule has 1 aromatic rings. The third-order valence-electron chi connectivity index (χ3n) is 1.94. The zero-order valence-corrected chi connectivity index (χ0v) is 8.71. The maximum Gasteiger partial charge on any atom is 0.272 e. The first-order valence-electron chi connectivity index (χ1n) is 4.63. The average molecular weight is 216 g/mol. The molecule has 0 aliphatic rings. The summed E-state index contributed by atoms with van der Waals surface area (Å²) < 4.78 is 28.5. The van der Waals surface area contributed by atoms with E-state index in [9.17, 15) is 13.9 Å². The fourth-order valence-electron chi connectivity index (χ4n) is 1.12. The summed E-state index contributed by atoms with van der Waals surface area (Å²) >= 11 is 0.